The largest absolute Gasteiger partial charge is 0.383 e. The van der Waals surface area contributed by atoms with Crippen molar-refractivity contribution >= 4 is 0 Å². The molecule has 0 saturated heterocycles. The lowest BCUT2D eigenvalue weighted by Gasteiger charge is -2.55. The Labute approximate surface area is 105 Å². The highest BCUT2D eigenvalue weighted by Gasteiger charge is 2.49. The van der Waals surface area contributed by atoms with E-state index in [1.807, 2.05) is 0 Å². The molecule has 4 rings (SSSR count). The van der Waals surface area contributed by atoms with Gasteiger partial charge in [-0.3, -0.25) is 0 Å². The van der Waals surface area contributed by atoms with Gasteiger partial charge in [-0.1, -0.05) is 0 Å². The summed E-state index contributed by atoms with van der Waals surface area (Å²) in [7, 11) is 1.77. The van der Waals surface area contributed by atoms with Crippen LogP contribution in [0.3, 0.4) is 0 Å². The zero-order valence-electron chi connectivity index (χ0n) is 11.3. The molecule has 0 aliphatic heterocycles. The van der Waals surface area contributed by atoms with Gasteiger partial charge in [0.25, 0.3) is 0 Å². The van der Waals surface area contributed by atoms with Crippen LogP contribution in [0.25, 0.3) is 0 Å². The van der Waals surface area contributed by atoms with E-state index in [0.717, 1.165) is 29.6 Å². The number of ether oxygens (including phenoxy) is 1. The Morgan fingerprint density at radius 2 is 1.59 bits per heavy atom. The van der Waals surface area contributed by atoms with Crippen LogP contribution in [-0.4, -0.2) is 19.3 Å². The average Bonchev–Trinajstić information content (AvgIpc) is 2.22. The molecule has 2 heteroatoms. The monoisotopic (exact) mass is 237 g/mol. The number of hydrogen-bond acceptors (Lipinski definition) is 2. The average molecular weight is 237 g/mol. The molecule has 1 atom stereocenters. The van der Waals surface area contributed by atoms with Crippen LogP contribution in [0.4, 0.5) is 0 Å². The molecule has 4 bridgehead atoms. The quantitative estimate of drug-likeness (QED) is 0.816. The molecule has 0 spiro atoms. The molecule has 98 valence electrons. The minimum atomic E-state index is -0.116. The van der Waals surface area contributed by atoms with Gasteiger partial charge in [-0.25, -0.2) is 0 Å². The summed E-state index contributed by atoms with van der Waals surface area (Å²) >= 11 is 0. The number of nitrogens with two attached hydrogens (primary N) is 1. The molecule has 2 N–H and O–H groups in total. The van der Waals surface area contributed by atoms with Crippen LogP contribution in [0.2, 0.25) is 0 Å². The van der Waals surface area contributed by atoms with Crippen LogP contribution in [0, 0.1) is 29.6 Å². The van der Waals surface area contributed by atoms with Gasteiger partial charge in [-0.05, 0) is 75.0 Å². The topological polar surface area (TPSA) is 35.2 Å². The van der Waals surface area contributed by atoms with Crippen molar-refractivity contribution in [3.8, 4) is 0 Å². The van der Waals surface area contributed by atoms with Gasteiger partial charge < -0.3 is 10.5 Å². The van der Waals surface area contributed by atoms with Gasteiger partial charge in [0.2, 0.25) is 0 Å². The summed E-state index contributed by atoms with van der Waals surface area (Å²) in [6.45, 7) is 2.87. The maximum absolute atomic E-state index is 6.38. The highest BCUT2D eigenvalue weighted by atomic mass is 16.5. The second-order valence-corrected chi connectivity index (χ2v) is 7.39. The van der Waals surface area contributed by atoms with E-state index in [9.17, 15) is 0 Å². The Hall–Kier alpha value is -0.0800. The molecule has 0 aromatic rings. The second-order valence-electron chi connectivity index (χ2n) is 7.39. The summed E-state index contributed by atoms with van der Waals surface area (Å²) < 4.78 is 5.28. The lowest BCUT2D eigenvalue weighted by atomic mass is 9.50. The predicted octanol–water partition coefficient (Wildman–Crippen LogP) is 2.81. The second kappa shape index (κ2) is 4.24. The summed E-state index contributed by atoms with van der Waals surface area (Å²) in [6.07, 6.45) is 8.72. The molecule has 4 aliphatic rings. The third kappa shape index (κ3) is 2.26. The first-order valence-corrected chi connectivity index (χ1v) is 7.35. The van der Waals surface area contributed by atoms with Crippen LogP contribution in [0.15, 0.2) is 0 Å². The van der Waals surface area contributed by atoms with E-state index >= 15 is 0 Å². The van der Waals surface area contributed by atoms with Gasteiger partial charge in [-0.15, -0.1) is 0 Å². The fraction of sp³-hybridized carbons (Fsp3) is 1.00. The van der Waals surface area contributed by atoms with Crippen molar-refractivity contribution in [2.24, 2.45) is 35.3 Å². The first-order chi connectivity index (χ1) is 8.07. The molecule has 17 heavy (non-hydrogen) atoms. The van der Waals surface area contributed by atoms with Crippen LogP contribution in [0.1, 0.15) is 45.4 Å². The maximum Gasteiger partial charge on any atom is 0.0639 e. The van der Waals surface area contributed by atoms with E-state index in [1.165, 1.54) is 38.5 Å². The fourth-order valence-corrected chi connectivity index (χ4v) is 5.30. The third-order valence-corrected chi connectivity index (χ3v) is 5.60. The van der Waals surface area contributed by atoms with Crippen molar-refractivity contribution in [1.82, 2.24) is 0 Å². The van der Waals surface area contributed by atoms with Crippen molar-refractivity contribution < 1.29 is 4.74 Å². The normalized spacial score (nSPS) is 47.1. The van der Waals surface area contributed by atoms with Gasteiger partial charge in [0.1, 0.15) is 0 Å². The zero-order valence-corrected chi connectivity index (χ0v) is 11.3. The minimum Gasteiger partial charge on any atom is -0.383 e. The molecule has 1 unspecified atom stereocenters. The first-order valence-electron chi connectivity index (χ1n) is 7.35. The lowest BCUT2D eigenvalue weighted by molar-refractivity contribution is -0.0512. The Morgan fingerprint density at radius 3 is 2.06 bits per heavy atom. The minimum absolute atomic E-state index is 0.116. The molecule has 2 nitrogen and oxygen atoms in total. The van der Waals surface area contributed by atoms with Gasteiger partial charge in [0, 0.05) is 12.6 Å². The van der Waals surface area contributed by atoms with Gasteiger partial charge in [0.15, 0.2) is 0 Å². The molecular weight excluding hydrogens is 210 g/mol. The summed E-state index contributed by atoms with van der Waals surface area (Å²) in [5, 5.41) is 0. The molecule has 0 aromatic heterocycles. The van der Waals surface area contributed by atoms with E-state index < -0.39 is 0 Å². The van der Waals surface area contributed by atoms with E-state index in [-0.39, 0.29) is 5.54 Å². The number of methoxy groups -OCH3 is 1. The van der Waals surface area contributed by atoms with Crippen LogP contribution >= 0.6 is 0 Å². The van der Waals surface area contributed by atoms with Gasteiger partial charge in [-0.2, -0.15) is 0 Å². The maximum atomic E-state index is 6.38. The summed E-state index contributed by atoms with van der Waals surface area (Å²) in [4.78, 5) is 0. The van der Waals surface area contributed by atoms with Crippen molar-refractivity contribution in [3.05, 3.63) is 0 Å². The SMILES string of the molecule is COCC(C)(N)CC1C2CC3CC(C2)CC1C3. The Balaban J connectivity index is 1.68. The van der Waals surface area contributed by atoms with Gasteiger partial charge >= 0.3 is 0 Å². The molecular formula is C15H27NO. The third-order valence-electron chi connectivity index (χ3n) is 5.60. The van der Waals surface area contributed by atoms with Crippen molar-refractivity contribution in [1.29, 1.82) is 0 Å². The molecule has 0 heterocycles. The standard InChI is InChI=1S/C15H27NO/c1-15(16,9-17-2)8-14-12-4-10-3-11(6-12)7-13(14)5-10/h10-14H,3-9,16H2,1-2H3. The molecule has 4 fully saturated rings. The molecule has 4 aliphatic carbocycles. The summed E-state index contributed by atoms with van der Waals surface area (Å²) in [5.41, 5.74) is 6.27. The Morgan fingerprint density at radius 1 is 1.06 bits per heavy atom. The lowest BCUT2D eigenvalue weighted by Crippen LogP contribution is -2.51. The van der Waals surface area contributed by atoms with Crippen LogP contribution in [-0.2, 0) is 4.74 Å². The Kier molecular flexibility index (Phi) is 2.99. The van der Waals surface area contributed by atoms with Crippen LogP contribution in [0.5, 0.6) is 0 Å². The molecule has 0 amide bonds. The molecule has 0 radical (unpaired) electrons. The smallest absolute Gasteiger partial charge is 0.0639 e. The van der Waals surface area contributed by atoms with Crippen LogP contribution < -0.4 is 5.73 Å². The van der Waals surface area contributed by atoms with Crippen molar-refractivity contribution in [2.75, 3.05) is 13.7 Å². The fourth-order valence-electron chi connectivity index (χ4n) is 5.30. The highest BCUT2D eigenvalue weighted by Crippen LogP contribution is 2.57. The summed E-state index contributed by atoms with van der Waals surface area (Å²) in [5.74, 6) is 5.02. The number of hydrogen-bond donors (Lipinski definition) is 1. The van der Waals surface area contributed by atoms with Crippen molar-refractivity contribution in [3.63, 3.8) is 0 Å². The zero-order chi connectivity index (χ0) is 12.0. The van der Waals surface area contributed by atoms with Gasteiger partial charge in [0.05, 0.1) is 6.61 Å². The Bertz CT molecular complexity index is 259. The van der Waals surface area contributed by atoms with Crippen molar-refractivity contribution in [2.45, 2.75) is 51.0 Å². The van der Waals surface area contributed by atoms with E-state index in [0.29, 0.717) is 6.61 Å². The van der Waals surface area contributed by atoms with E-state index in [1.54, 1.807) is 7.11 Å². The molecule has 4 saturated carbocycles. The number of rotatable bonds is 4. The van der Waals surface area contributed by atoms with E-state index in [4.69, 9.17) is 10.5 Å². The predicted molar refractivity (Wildman–Crippen MR) is 69.6 cm³/mol. The first kappa shape index (κ1) is 12.0. The molecule has 0 aromatic carbocycles. The summed E-state index contributed by atoms with van der Waals surface area (Å²) in [6, 6.07) is 0. The highest BCUT2D eigenvalue weighted by molar-refractivity contribution is 5.00. The van der Waals surface area contributed by atoms with E-state index in [2.05, 4.69) is 6.92 Å².